The molecule has 6 rings (SSSR count). The van der Waals surface area contributed by atoms with E-state index in [0.717, 1.165) is 64.9 Å². The predicted molar refractivity (Wildman–Crippen MR) is 169 cm³/mol. The summed E-state index contributed by atoms with van der Waals surface area (Å²) in [4.78, 5) is 18.9. The van der Waals surface area contributed by atoms with Crippen molar-refractivity contribution >= 4 is 32.8 Å². The molecular formula is C33H40N6O4S. The molecule has 0 amide bonds. The van der Waals surface area contributed by atoms with Gasteiger partial charge in [0.25, 0.3) is 0 Å². The number of aryl methyl sites for hydroxylation is 3. The fraction of sp³-hybridized carbons (Fsp3) is 0.455. The molecule has 3 aromatic heterocycles. The maximum atomic E-state index is 14.2. The maximum absolute atomic E-state index is 14.2. The summed E-state index contributed by atoms with van der Waals surface area (Å²) < 4.78 is 32.1. The number of hydrogen-bond donors (Lipinski definition) is 1. The second-order valence-electron chi connectivity index (χ2n) is 12.8. The third-order valence-electron chi connectivity index (χ3n) is 9.54. The van der Waals surface area contributed by atoms with Crippen molar-refractivity contribution in [2.45, 2.75) is 76.3 Å². The molecule has 0 bridgehead atoms. The lowest BCUT2D eigenvalue weighted by Gasteiger charge is -2.45. The fourth-order valence-electron chi connectivity index (χ4n) is 7.21. The first-order valence-corrected chi connectivity index (χ1v) is 16.7. The van der Waals surface area contributed by atoms with Crippen LogP contribution in [-0.2, 0) is 28.4 Å². The van der Waals surface area contributed by atoms with Gasteiger partial charge in [-0.25, -0.2) is 13.4 Å². The Balaban J connectivity index is 1.44. The van der Waals surface area contributed by atoms with Gasteiger partial charge >= 0.3 is 5.97 Å². The number of nitrogens with zero attached hydrogens (tertiary/aromatic N) is 6. The van der Waals surface area contributed by atoms with Gasteiger partial charge in [-0.1, -0.05) is 25.1 Å². The van der Waals surface area contributed by atoms with Crippen molar-refractivity contribution in [2.24, 2.45) is 13.0 Å². The van der Waals surface area contributed by atoms with Gasteiger partial charge in [0.2, 0.25) is 10.0 Å². The molecule has 10 nitrogen and oxygen atoms in total. The number of rotatable bonds is 7. The van der Waals surface area contributed by atoms with E-state index in [9.17, 15) is 18.3 Å². The second kappa shape index (κ2) is 11.3. The Bertz CT molecular complexity index is 1850. The molecule has 5 heterocycles. The highest BCUT2D eigenvalue weighted by Gasteiger charge is 2.45. The van der Waals surface area contributed by atoms with Crippen LogP contribution in [0.1, 0.15) is 73.5 Å². The highest BCUT2D eigenvalue weighted by Crippen LogP contribution is 2.42. The van der Waals surface area contributed by atoms with Crippen molar-refractivity contribution < 1.29 is 18.3 Å². The number of piperidine rings is 1. The molecule has 2 aliphatic rings. The minimum atomic E-state index is -3.84. The zero-order valence-corrected chi connectivity index (χ0v) is 26.8. The van der Waals surface area contributed by atoms with Gasteiger partial charge in [-0.15, -0.1) is 5.10 Å². The molecule has 1 aromatic carbocycles. The summed E-state index contributed by atoms with van der Waals surface area (Å²) in [6, 6.07) is 13.5. The Morgan fingerprint density at radius 1 is 1.11 bits per heavy atom. The molecule has 0 unspecified atom stereocenters. The number of aromatic nitrogens is 4. The molecule has 1 saturated heterocycles. The average molecular weight is 617 g/mol. The first kappa shape index (κ1) is 30.2. The number of carbonyl (C=O) groups is 1. The first-order chi connectivity index (χ1) is 20.9. The Labute approximate surface area is 258 Å². The van der Waals surface area contributed by atoms with E-state index in [4.69, 9.17) is 0 Å². The highest BCUT2D eigenvalue weighted by molar-refractivity contribution is 7.89. The average Bonchev–Trinajstić information content (AvgIpc) is 3.25. The molecule has 0 saturated carbocycles. The van der Waals surface area contributed by atoms with E-state index in [-0.39, 0.29) is 35.2 Å². The number of carboxylic acid groups (broad SMARTS) is 1. The van der Waals surface area contributed by atoms with Crippen LogP contribution in [0, 0.1) is 19.8 Å². The number of carboxylic acids is 1. The smallest absolute Gasteiger partial charge is 0.303 e. The predicted octanol–water partition coefficient (Wildman–Crippen LogP) is 5.18. The molecule has 11 heteroatoms. The van der Waals surface area contributed by atoms with Crippen LogP contribution in [-0.4, -0.2) is 62.2 Å². The van der Waals surface area contributed by atoms with Gasteiger partial charge in [-0.05, 0) is 86.9 Å². The van der Waals surface area contributed by atoms with Gasteiger partial charge in [-0.3, -0.25) is 4.79 Å². The van der Waals surface area contributed by atoms with Crippen molar-refractivity contribution in [2.75, 3.05) is 18.0 Å². The van der Waals surface area contributed by atoms with E-state index in [0.29, 0.717) is 12.4 Å². The zero-order chi connectivity index (χ0) is 31.4. The van der Waals surface area contributed by atoms with E-state index in [1.807, 2.05) is 50.6 Å². The van der Waals surface area contributed by atoms with Gasteiger partial charge in [0.05, 0.1) is 11.2 Å². The topological polar surface area (TPSA) is 122 Å². The summed E-state index contributed by atoms with van der Waals surface area (Å²) in [5, 5.41) is 19.3. The van der Waals surface area contributed by atoms with Crippen LogP contribution in [0.15, 0.2) is 53.6 Å². The third-order valence-corrected chi connectivity index (χ3v) is 11.3. The van der Waals surface area contributed by atoms with E-state index < -0.39 is 16.0 Å². The molecule has 1 fully saturated rings. The van der Waals surface area contributed by atoms with E-state index in [1.165, 1.54) is 0 Å². The number of benzene rings is 1. The fourth-order valence-corrected chi connectivity index (χ4v) is 8.89. The highest BCUT2D eigenvalue weighted by atomic mass is 32.2. The number of hydrogen-bond acceptors (Lipinski definition) is 7. The molecular weight excluding hydrogens is 576 g/mol. The summed E-state index contributed by atoms with van der Waals surface area (Å²) in [5.41, 5.74) is 4.92. The maximum Gasteiger partial charge on any atom is 0.303 e. The Hall–Kier alpha value is -3.83. The monoisotopic (exact) mass is 616 g/mol. The molecule has 1 N–H and O–H groups in total. The molecule has 0 spiro atoms. The molecule has 3 atom stereocenters. The molecule has 0 aliphatic carbocycles. The number of sulfonamides is 1. The summed E-state index contributed by atoms with van der Waals surface area (Å²) >= 11 is 0. The van der Waals surface area contributed by atoms with Gasteiger partial charge in [0, 0.05) is 56.3 Å². The Kier molecular flexibility index (Phi) is 7.73. The third kappa shape index (κ3) is 5.26. The largest absolute Gasteiger partial charge is 0.481 e. The van der Waals surface area contributed by atoms with Gasteiger partial charge in [0.15, 0.2) is 5.65 Å². The van der Waals surface area contributed by atoms with Crippen LogP contribution in [0.3, 0.4) is 0 Å². The summed E-state index contributed by atoms with van der Waals surface area (Å²) in [6.45, 7) is 9.34. The molecule has 2 aliphatic heterocycles. The zero-order valence-electron chi connectivity index (χ0n) is 26.0. The van der Waals surface area contributed by atoms with Crippen molar-refractivity contribution in [3.63, 3.8) is 0 Å². The van der Waals surface area contributed by atoms with Crippen molar-refractivity contribution in [1.29, 1.82) is 0 Å². The van der Waals surface area contributed by atoms with Crippen LogP contribution in [0.5, 0.6) is 0 Å². The lowest BCUT2D eigenvalue weighted by Crippen LogP contribution is -2.55. The van der Waals surface area contributed by atoms with Crippen LogP contribution in [0.25, 0.3) is 11.0 Å². The van der Waals surface area contributed by atoms with E-state index in [1.54, 1.807) is 22.6 Å². The Morgan fingerprint density at radius 2 is 1.91 bits per heavy atom. The number of fused-ring (bicyclic) bond motifs is 4. The Morgan fingerprint density at radius 3 is 2.68 bits per heavy atom. The summed E-state index contributed by atoms with van der Waals surface area (Å²) in [6.07, 6.45) is 4.58. The lowest BCUT2D eigenvalue weighted by molar-refractivity contribution is -0.138. The van der Waals surface area contributed by atoms with Gasteiger partial charge < -0.3 is 14.6 Å². The van der Waals surface area contributed by atoms with Crippen LogP contribution in [0.4, 0.5) is 5.82 Å². The standard InChI is InChI=1S/C33H40N6O4S/c1-21-10-11-24(30(22(2)15-29(40)41)27-18-25-16-23(3)35-36-31(25)37(27)5)17-26(21)19-38-20-33(4)12-6-7-14-39(33)32-28(44(38,42)43)9-8-13-34-32/h8-11,13,16-18,22,30H,6-7,12,14-15,19-20H2,1-5H3,(H,40,41)/t22-,30-,33-/m1/s1. The van der Waals surface area contributed by atoms with E-state index in [2.05, 4.69) is 39.1 Å². The quantitative estimate of drug-likeness (QED) is 0.302. The normalized spacial score (nSPS) is 21.3. The minimum absolute atomic E-state index is 0.0153. The second-order valence-corrected chi connectivity index (χ2v) is 14.7. The van der Waals surface area contributed by atoms with E-state index >= 15 is 0 Å². The van der Waals surface area contributed by atoms with Crippen LogP contribution >= 0.6 is 0 Å². The number of pyridine rings is 1. The summed E-state index contributed by atoms with van der Waals surface area (Å²) in [7, 11) is -1.91. The number of aliphatic carboxylic acids is 1. The lowest BCUT2D eigenvalue weighted by atomic mass is 9.81. The molecule has 44 heavy (non-hydrogen) atoms. The minimum Gasteiger partial charge on any atom is -0.481 e. The molecule has 232 valence electrons. The molecule has 4 aromatic rings. The first-order valence-electron chi connectivity index (χ1n) is 15.2. The van der Waals surface area contributed by atoms with Gasteiger partial charge in [-0.2, -0.15) is 9.40 Å². The van der Waals surface area contributed by atoms with Crippen molar-refractivity contribution in [3.05, 3.63) is 76.7 Å². The number of anilines is 1. The van der Waals surface area contributed by atoms with Gasteiger partial charge in [0.1, 0.15) is 10.7 Å². The van der Waals surface area contributed by atoms with Crippen molar-refractivity contribution in [1.82, 2.24) is 24.1 Å². The molecule has 0 radical (unpaired) electrons. The van der Waals surface area contributed by atoms with Crippen LogP contribution < -0.4 is 4.90 Å². The summed E-state index contributed by atoms with van der Waals surface area (Å²) in [5.74, 6) is -0.825. The van der Waals surface area contributed by atoms with Crippen LogP contribution in [0.2, 0.25) is 0 Å². The SMILES string of the molecule is Cc1cc2cc([C@@H](c3ccc(C)c(CN4C[C@@]5(C)CCCCN5c5ncccc5S4(=O)=O)c3)[C@H](C)CC(=O)O)n(C)c2nn1. The van der Waals surface area contributed by atoms with Crippen molar-refractivity contribution in [3.8, 4) is 0 Å².